The van der Waals surface area contributed by atoms with Crippen LogP contribution in [0.1, 0.15) is 5.56 Å². The van der Waals surface area contributed by atoms with Gasteiger partial charge in [0, 0.05) is 31.6 Å². The van der Waals surface area contributed by atoms with Crippen molar-refractivity contribution in [3.8, 4) is 0 Å². The first-order valence-electron chi connectivity index (χ1n) is 8.49. The molecule has 0 saturated carbocycles. The number of sulfonamides is 1. The minimum atomic E-state index is -3.49. The topological polar surface area (TPSA) is 52.7 Å². The van der Waals surface area contributed by atoms with Gasteiger partial charge in [-0.15, -0.1) is 0 Å². The third kappa shape index (κ3) is 5.12. The van der Waals surface area contributed by atoms with Crippen LogP contribution in [0.25, 0.3) is 6.08 Å². The van der Waals surface area contributed by atoms with Crippen molar-refractivity contribution in [2.45, 2.75) is 0 Å². The highest BCUT2D eigenvalue weighted by atomic mass is 32.2. The minimum Gasteiger partial charge on any atom is -0.346 e. The number of para-hydroxylation sites is 1. The Morgan fingerprint density at radius 2 is 1.63 bits per heavy atom. The summed E-state index contributed by atoms with van der Waals surface area (Å²) in [5.41, 5.74) is 1.14. The second-order valence-electron chi connectivity index (χ2n) is 6.05. The van der Waals surface area contributed by atoms with Crippen LogP contribution in [0.15, 0.2) is 60.0 Å². The van der Waals surface area contributed by atoms with Crippen molar-refractivity contribution >= 4 is 39.1 Å². The maximum atomic E-state index is 13.7. The first-order valence-corrected chi connectivity index (χ1v) is 10.4. The molecule has 0 unspecified atom stereocenters. The predicted molar refractivity (Wildman–Crippen MR) is 110 cm³/mol. The van der Waals surface area contributed by atoms with E-state index in [1.54, 1.807) is 24.3 Å². The molecule has 1 N–H and O–H groups in total. The van der Waals surface area contributed by atoms with Gasteiger partial charge in [0.15, 0.2) is 5.11 Å². The quantitative estimate of drug-likeness (QED) is 0.792. The smallest absolute Gasteiger partial charge is 0.236 e. The second kappa shape index (κ2) is 8.60. The van der Waals surface area contributed by atoms with Crippen molar-refractivity contribution in [3.63, 3.8) is 0 Å². The van der Waals surface area contributed by atoms with E-state index in [2.05, 4.69) is 5.32 Å². The fraction of sp³-hybridized carbons (Fsp3) is 0.211. The van der Waals surface area contributed by atoms with E-state index in [-0.39, 0.29) is 5.82 Å². The lowest BCUT2D eigenvalue weighted by molar-refractivity contribution is 0.270. The molecule has 2 aromatic rings. The van der Waals surface area contributed by atoms with Crippen molar-refractivity contribution in [2.24, 2.45) is 0 Å². The van der Waals surface area contributed by atoms with E-state index >= 15 is 0 Å². The molecule has 5 nitrogen and oxygen atoms in total. The number of thiocarbonyl (C=S) groups is 1. The van der Waals surface area contributed by atoms with Gasteiger partial charge in [0.2, 0.25) is 10.0 Å². The molecule has 0 radical (unpaired) electrons. The zero-order valence-corrected chi connectivity index (χ0v) is 16.2. The van der Waals surface area contributed by atoms with Gasteiger partial charge < -0.3 is 10.2 Å². The van der Waals surface area contributed by atoms with Crippen LogP contribution in [0.4, 0.5) is 10.1 Å². The first-order chi connectivity index (χ1) is 13.0. The summed E-state index contributed by atoms with van der Waals surface area (Å²) in [5.74, 6) is -0.382. The largest absolute Gasteiger partial charge is 0.346 e. The number of halogens is 1. The Kier molecular flexibility index (Phi) is 6.20. The molecule has 27 heavy (non-hydrogen) atoms. The Labute approximate surface area is 164 Å². The molecule has 1 fully saturated rings. The van der Waals surface area contributed by atoms with Crippen LogP contribution in [0.5, 0.6) is 0 Å². The van der Waals surface area contributed by atoms with Crippen molar-refractivity contribution in [1.82, 2.24) is 9.21 Å². The lowest BCUT2D eigenvalue weighted by Crippen LogP contribution is -2.51. The Morgan fingerprint density at radius 3 is 2.30 bits per heavy atom. The summed E-state index contributed by atoms with van der Waals surface area (Å²) in [6.45, 7) is 1.53. The highest BCUT2D eigenvalue weighted by Gasteiger charge is 2.26. The van der Waals surface area contributed by atoms with Crippen molar-refractivity contribution in [2.75, 3.05) is 31.5 Å². The SMILES string of the molecule is O=S(=O)(/C=C/c1ccccc1)N1CCN(C(=S)Nc2ccccc2F)CC1. The molecule has 0 bridgehead atoms. The lowest BCUT2D eigenvalue weighted by atomic mass is 10.2. The van der Waals surface area contributed by atoms with Crippen molar-refractivity contribution < 1.29 is 12.8 Å². The Bertz CT molecular complexity index is 925. The molecule has 8 heteroatoms. The third-order valence-corrected chi connectivity index (χ3v) is 6.16. The summed E-state index contributed by atoms with van der Waals surface area (Å²) in [4.78, 5) is 1.84. The highest BCUT2D eigenvalue weighted by molar-refractivity contribution is 7.92. The van der Waals surface area contributed by atoms with E-state index in [4.69, 9.17) is 12.2 Å². The van der Waals surface area contributed by atoms with E-state index in [1.165, 1.54) is 15.8 Å². The van der Waals surface area contributed by atoms with Crippen molar-refractivity contribution in [1.29, 1.82) is 0 Å². The van der Waals surface area contributed by atoms with Crippen LogP contribution in [0.2, 0.25) is 0 Å². The molecule has 142 valence electrons. The number of nitrogens with zero attached hydrogens (tertiary/aromatic N) is 2. The van der Waals surface area contributed by atoms with Gasteiger partial charge in [-0.25, -0.2) is 12.8 Å². The van der Waals surface area contributed by atoms with Gasteiger partial charge in [-0.05, 0) is 36.0 Å². The van der Waals surface area contributed by atoms with Crippen LogP contribution in [0, 0.1) is 5.82 Å². The zero-order valence-electron chi connectivity index (χ0n) is 14.6. The van der Waals surface area contributed by atoms with Gasteiger partial charge in [-0.2, -0.15) is 4.31 Å². The van der Waals surface area contributed by atoms with Crippen LogP contribution in [-0.4, -0.2) is 48.9 Å². The average Bonchev–Trinajstić information content (AvgIpc) is 2.69. The number of nitrogens with one attached hydrogen (secondary N) is 1. The number of piperazine rings is 1. The fourth-order valence-corrected chi connectivity index (χ4v) is 4.18. The zero-order chi connectivity index (χ0) is 19.3. The summed E-state index contributed by atoms with van der Waals surface area (Å²) in [6, 6.07) is 15.6. The lowest BCUT2D eigenvalue weighted by Gasteiger charge is -2.35. The number of benzene rings is 2. The molecule has 0 amide bonds. The summed E-state index contributed by atoms with van der Waals surface area (Å²) in [7, 11) is -3.49. The molecule has 1 aliphatic rings. The number of rotatable bonds is 4. The maximum absolute atomic E-state index is 13.7. The first kappa shape index (κ1) is 19.5. The molecule has 1 aliphatic heterocycles. The minimum absolute atomic E-state index is 0.309. The number of anilines is 1. The van der Waals surface area contributed by atoms with E-state index < -0.39 is 10.0 Å². The number of hydrogen-bond acceptors (Lipinski definition) is 3. The van der Waals surface area contributed by atoms with Gasteiger partial charge >= 0.3 is 0 Å². The van der Waals surface area contributed by atoms with E-state index in [0.717, 1.165) is 5.56 Å². The van der Waals surface area contributed by atoms with Gasteiger partial charge in [-0.1, -0.05) is 42.5 Å². The second-order valence-corrected chi connectivity index (χ2v) is 8.26. The van der Waals surface area contributed by atoms with Crippen LogP contribution < -0.4 is 5.32 Å². The Balaban J connectivity index is 1.57. The standard InChI is InChI=1S/C19H20FN3O2S2/c20-17-8-4-5-9-18(17)21-19(26)22-11-13-23(14-12-22)27(24,25)15-10-16-6-2-1-3-7-16/h1-10,15H,11-14H2,(H,21,26)/b15-10+. The summed E-state index contributed by atoms with van der Waals surface area (Å²) in [5, 5.41) is 4.50. The normalized spacial score (nSPS) is 15.8. The molecule has 0 aliphatic carbocycles. The van der Waals surface area contributed by atoms with E-state index in [0.29, 0.717) is 37.0 Å². The van der Waals surface area contributed by atoms with Crippen LogP contribution >= 0.6 is 12.2 Å². The van der Waals surface area contributed by atoms with Gasteiger partial charge in [0.25, 0.3) is 0 Å². The van der Waals surface area contributed by atoms with Gasteiger partial charge in [0.05, 0.1) is 5.69 Å². The molecule has 1 saturated heterocycles. The summed E-state index contributed by atoms with van der Waals surface area (Å²) >= 11 is 5.33. The molecule has 0 spiro atoms. The summed E-state index contributed by atoms with van der Waals surface area (Å²) in [6.07, 6.45) is 1.59. The Morgan fingerprint density at radius 1 is 1.00 bits per heavy atom. The number of hydrogen-bond donors (Lipinski definition) is 1. The average molecular weight is 406 g/mol. The van der Waals surface area contributed by atoms with Crippen molar-refractivity contribution in [3.05, 3.63) is 71.4 Å². The monoisotopic (exact) mass is 405 g/mol. The van der Waals surface area contributed by atoms with Gasteiger partial charge in [0.1, 0.15) is 5.82 Å². The molecule has 0 atom stereocenters. The van der Waals surface area contributed by atoms with Crippen LogP contribution in [0.3, 0.4) is 0 Å². The molecule has 3 rings (SSSR count). The van der Waals surface area contributed by atoms with E-state index in [1.807, 2.05) is 35.2 Å². The fourth-order valence-electron chi connectivity index (χ4n) is 2.72. The maximum Gasteiger partial charge on any atom is 0.236 e. The summed E-state index contributed by atoms with van der Waals surface area (Å²) < 4.78 is 40.1. The molecule has 0 aromatic heterocycles. The van der Waals surface area contributed by atoms with Gasteiger partial charge in [-0.3, -0.25) is 0 Å². The molecular weight excluding hydrogens is 385 g/mol. The molecule has 1 heterocycles. The highest BCUT2D eigenvalue weighted by Crippen LogP contribution is 2.15. The third-order valence-electron chi connectivity index (χ3n) is 4.23. The van der Waals surface area contributed by atoms with Crippen LogP contribution in [-0.2, 0) is 10.0 Å². The molecule has 2 aromatic carbocycles. The Hall–Kier alpha value is -2.29. The van der Waals surface area contributed by atoms with E-state index in [9.17, 15) is 12.8 Å². The molecular formula is C19H20FN3O2S2. The predicted octanol–water partition coefficient (Wildman–Crippen LogP) is 3.14.